The molecule has 96 valence electrons. The van der Waals surface area contributed by atoms with Crippen LogP contribution in [0.15, 0.2) is 40.9 Å². The van der Waals surface area contributed by atoms with Crippen molar-refractivity contribution in [3.8, 4) is 0 Å². The Labute approximate surface area is 120 Å². The van der Waals surface area contributed by atoms with Crippen LogP contribution in [0.4, 0.5) is 10.1 Å². The largest absolute Gasteiger partial charge is 0.399 e. The molecule has 0 atom stereocenters. The number of fused-ring (bicyclic) bond motifs is 1. The minimum absolute atomic E-state index is 0.203. The maximum Gasteiger partial charge on any atom is 0.131 e. The molecule has 3 rings (SSSR count). The first-order valence-corrected chi connectivity index (χ1v) is 6.97. The van der Waals surface area contributed by atoms with Crippen molar-refractivity contribution in [2.75, 3.05) is 5.73 Å². The monoisotopic (exact) mass is 317 g/mol. The van der Waals surface area contributed by atoms with E-state index in [1.165, 1.54) is 22.8 Å². The van der Waals surface area contributed by atoms with E-state index in [-0.39, 0.29) is 5.82 Å². The van der Waals surface area contributed by atoms with Crippen LogP contribution in [0.5, 0.6) is 0 Å². The first-order valence-electron chi connectivity index (χ1n) is 6.18. The average Bonchev–Trinajstić information content (AvgIpc) is 2.75. The molecule has 3 heteroatoms. The Kier molecular flexibility index (Phi) is 3.15. The Morgan fingerprint density at radius 2 is 1.95 bits per heavy atom. The summed E-state index contributed by atoms with van der Waals surface area (Å²) >= 11 is 3.27. The summed E-state index contributed by atoms with van der Waals surface area (Å²) in [6.07, 6.45) is 3.85. The Bertz CT molecular complexity index is 676. The van der Waals surface area contributed by atoms with E-state index in [1.807, 2.05) is 30.3 Å². The molecule has 1 aliphatic carbocycles. The van der Waals surface area contributed by atoms with Crippen molar-refractivity contribution in [2.24, 2.45) is 0 Å². The summed E-state index contributed by atoms with van der Waals surface area (Å²) in [7, 11) is 0. The molecule has 0 saturated carbocycles. The third-order valence-corrected chi connectivity index (χ3v) is 3.92. The van der Waals surface area contributed by atoms with E-state index in [0.717, 1.165) is 23.0 Å². The SMILES string of the molecule is Nc1ccc2c(c1)CCC2=Cc1ccc(Br)cc1F. The van der Waals surface area contributed by atoms with Crippen molar-refractivity contribution in [3.05, 3.63) is 63.4 Å². The minimum Gasteiger partial charge on any atom is -0.399 e. The highest BCUT2D eigenvalue weighted by Crippen LogP contribution is 2.35. The highest BCUT2D eigenvalue weighted by molar-refractivity contribution is 9.10. The van der Waals surface area contributed by atoms with Crippen molar-refractivity contribution in [2.45, 2.75) is 12.8 Å². The fraction of sp³-hybridized carbons (Fsp3) is 0.125. The minimum atomic E-state index is -0.203. The summed E-state index contributed by atoms with van der Waals surface area (Å²) in [4.78, 5) is 0. The number of benzene rings is 2. The first-order chi connectivity index (χ1) is 9.13. The van der Waals surface area contributed by atoms with E-state index in [9.17, 15) is 4.39 Å². The van der Waals surface area contributed by atoms with E-state index in [1.54, 1.807) is 6.07 Å². The summed E-state index contributed by atoms with van der Waals surface area (Å²) in [5.41, 5.74) is 10.8. The Balaban J connectivity index is 2.03. The molecule has 0 fully saturated rings. The molecule has 0 spiro atoms. The van der Waals surface area contributed by atoms with Gasteiger partial charge in [-0.05, 0) is 59.9 Å². The van der Waals surface area contributed by atoms with Gasteiger partial charge in [-0.3, -0.25) is 0 Å². The van der Waals surface area contributed by atoms with Crippen LogP contribution in [0.1, 0.15) is 23.1 Å². The molecule has 2 aromatic carbocycles. The van der Waals surface area contributed by atoms with Crippen LogP contribution in [0.2, 0.25) is 0 Å². The summed E-state index contributed by atoms with van der Waals surface area (Å²) in [5.74, 6) is -0.203. The van der Waals surface area contributed by atoms with Crippen LogP contribution in [0, 0.1) is 5.82 Å². The van der Waals surface area contributed by atoms with Gasteiger partial charge in [0.1, 0.15) is 5.82 Å². The zero-order chi connectivity index (χ0) is 13.4. The number of rotatable bonds is 1. The van der Waals surface area contributed by atoms with Crippen molar-refractivity contribution in [1.82, 2.24) is 0 Å². The van der Waals surface area contributed by atoms with E-state index < -0.39 is 0 Å². The fourth-order valence-electron chi connectivity index (χ4n) is 2.49. The van der Waals surface area contributed by atoms with Crippen molar-refractivity contribution >= 4 is 33.3 Å². The first kappa shape index (κ1) is 12.4. The van der Waals surface area contributed by atoms with Crippen LogP contribution >= 0.6 is 15.9 Å². The molecular weight excluding hydrogens is 305 g/mol. The van der Waals surface area contributed by atoms with Gasteiger partial charge in [0.2, 0.25) is 0 Å². The zero-order valence-corrected chi connectivity index (χ0v) is 11.9. The summed E-state index contributed by atoms with van der Waals surface area (Å²) in [5, 5.41) is 0. The number of nitrogen functional groups attached to an aromatic ring is 1. The molecule has 2 aromatic rings. The molecule has 0 radical (unpaired) electrons. The quantitative estimate of drug-likeness (QED) is 0.761. The second kappa shape index (κ2) is 4.82. The lowest BCUT2D eigenvalue weighted by molar-refractivity contribution is 0.624. The lowest BCUT2D eigenvalue weighted by Gasteiger charge is -2.04. The fourth-order valence-corrected chi connectivity index (χ4v) is 2.83. The van der Waals surface area contributed by atoms with Gasteiger partial charge in [0.15, 0.2) is 0 Å². The molecule has 0 heterocycles. The number of nitrogens with two attached hydrogens (primary N) is 1. The normalized spacial score (nSPS) is 15.8. The predicted octanol–water partition coefficient (Wildman–Crippen LogP) is 4.66. The number of aryl methyl sites for hydroxylation is 1. The van der Waals surface area contributed by atoms with Crippen LogP contribution in [0.3, 0.4) is 0 Å². The molecule has 2 N–H and O–H groups in total. The third-order valence-electron chi connectivity index (χ3n) is 3.43. The number of halogens is 2. The van der Waals surface area contributed by atoms with Crippen LogP contribution < -0.4 is 5.73 Å². The van der Waals surface area contributed by atoms with Gasteiger partial charge >= 0.3 is 0 Å². The molecule has 0 bridgehead atoms. The third kappa shape index (κ3) is 2.43. The summed E-state index contributed by atoms with van der Waals surface area (Å²) in [6, 6.07) is 11.1. The number of hydrogen-bond donors (Lipinski definition) is 1. The summed E-state index contributed by atoms with van der Waals surface area (Å²) in [6.45, 7) is 0. The highest BCUT2D eigenvalue weighted by Gasteiger charge is 2.16. The molecule has 0 aromatic heterocycles. The van der Waals surface area contributed by atoms with Crippen molar-refractivity contribution in [1.29, 1.82) is 0 Å². The van der Waals surface area contributed by atoms with Gasteiger partial charge < -0.3 is 5.73 Å². The lowest BCUT2D eigenvalue weighted by Crippen LogP contribution is -1.88. The van der Waals surface area contributed by atoms with Gasteiger partial charge in [0, 0.05) is 15.7 Å². The van der Waals surface area contributed by atoms with E-state index in [0.29, 0.717) is 5.56 Å². The van der Waals surface area contributed by atoms with Crippen molar-refractivity contribution < 1.29 is 4.39 Å². The number of hydrogen-bond acceptors (Lipinski definition) is 1. The maximum atomic E-state index is 13.8. The van der Waals surface area contributed by atoms with Gasteiger partial charge in [-0.15, -0.1) is 0 Å². The molecule has 0 saturated heterocycles. The van der Waals surface area contributed by atoms with Crippen molar-refractivity contribution in [3.63, 3.8) is 0 Å². The lowest BCUT2D eigenvalue weighted by atomic mass is 10.0. The standard InChI is InChI=1S/C16H13BrFN/c17-13-4-3-12(16(18)9-13)7-10-1-2-11-8-14(19)5-6-15(10)11/h3-9H,1-2,19H2. The molecule has 0 amide bonds. The second-order valence-electron chi connectivity index (χ2n) is 4.75. The Morgan fingerprint density at radius 1 is 1.11 bits per heavy atom. The van der Waals surface area contributed by atoms with Gasteiger partial charge in [-0.25, -0.2) is 4.39 Å². The Hall–Kier alpha value is -1.61. The van der Waals surface area contributed by atoms with Gasteiger partial charge in [0.05, 0.1) is 0 Å². The maximum absolute atomic E-state index is 13.8. The van der Waals surface area contributed by atoms with Gasteiger partial charge in [-0.2, -0.15) is 0 Å². The molecule has 1 nitrogen and oxygen atoms in total. The summed E-state index contributed by atoms with van der Waals surface area (Å²) < 4.78 is 14.6. The predicted molar refractivity (Wildman–Crippen MR) is 81.1 cm³/mol. The zero-order valence-electron chi connectivity index (χ0n) is 10.3. The van der Waals surface area contributed by atoms with Crippen LogP contribution in [-0.4, -0.2) is 0 Å². The molecule has 1 aliphatic rings. The van der Waals surface area contributed by atoms with Crippen LogP contribution in [-0.2, 0) is 6.42 Å². The highest BCUT2D eigenvalue weighted by atomic mass is 79.9. The second-order valence-corrected chi connectivity index (χ2v) is 5.67. The van der Waals surface area contributed by atoms with E-state index >= 15 is 0 Å². The topological polar surface area (TPSA) is 26.0 Å². The number of allylic oxidation sites excluding steroid dienone is 1. The molecule has 19 heavy (non-hydrogen) atoms. The number of anilines is 1. The molecule has 0 unspecified atom stereocenters. The van der Waals surface area contributed by atoms with Crippen LogP contribution in [0.25, 0.3) is 11.6 Å². The molecular formula is C16H13BrFN. The van der Waals surface area contributed by atoms with E-state index in [2.05, 4.69) is 15.9 Å². The molecule has 0 aliphatic heterocycles. The van der Waals surface area contributed by atoms with E-state index in [4.69, 9.17) is 5.73 Å². The smallest absolute Gasteiger partial charge is 0.131 e. The van der Waals surface area contributed by atoms with Gasteiger partial charge in [-0.1, -0.05) is 28.1 Å². The average molecular weight is 318 g/mol. The van der Waals surface area contributed by atoms with Gasteiger partial charge in [0.25, 0.3) is 0 Å². The Morgan fingerprint density at radius 3 is 2.74 bits per heavy atom.